The second-order valence-corrected chi connectivity index (χ2v) is 5.71. The number of aliphatic hydroxyl groups excluding tert-OH is 1. The van der Waals surface area contributed by atoms with Crippen LogP contribution in [0.1, 0.15) is 13.8 Å². The lowest BCUT2D eigenvalue weighted by Crippen LogP contribution is -2.48. The van der Waals surface area contributed by atoms with E-state index in [0.29, 0.717) is 5.75 Å². The second kappa shape index (κ2) is 8.63. The van der Waals surface area contributed by atoms with Crippen molar-refractivity contribution in [1.82, 2.24) is 10.6 Å². The standard InChI is InChI=1S/C14H19FN2O3S/c1-9(18)7-16-14(20)13(17-10(2)19)8-21-12-5-3-11(15)4-6-12/h3-6,9,13,18H,7-8H2,1-2H3,(H,16,20)(H,17,19). The Labute approximate surface area is 127 Å². The Balaban J connectivity index is 2.58. The van der Waals surface area contributed by atoms with Crippen molar-refractivity contribution in [2.24, 2.45) is 0 Å². The molecule has 0 aliphatic carbocycles. The van der Waals surface area contributed by atoms with E-state index in [2.05, 4.69) is 10.6 Å². The lowest BCUT2D eigenvalue weighted by Gasteiger charge is -2.18. The van der Waals surface area contributed by atoms with E-state index in [9.17, 15) is 14.0 Å². The Hall–Kier alpha value is -1.60. The van der Waals surface area contributed by atoms with Gasteiger partial charge in [0, 0.05) is 24.1 Å². The van der Waals surface area contributed by atoms with Gasteiger partial charge in [-0.15, -0.1) is 11.8 Å². The molecule has 2 atom stereocenters. The van der Waals surface area contributed by atoms with Crippen molar-refractivity contribution < 1.29 is 19.1 Å². The van der Waals surface area contributed by atoms with Gasteiger partial charge >= 0.3 is 0 Å². The Bertz CT molecular complexity index is 480. The molecule has 7 heteroatoms. The highest BCUT2D eigenvalue weighted by molar-refractivity contribution is 7.99. The van der Waals surface area contributed by atoms with Crippen molar-refractivity contribution in [3.8, 4) is 0 Å². The predicted octanol–water partition coefficient (Wildman–Crippen LogP) is 0.919. The van der Waals surface area contributed by atoms with Gasteiger partial charge in [0.2, 0.25) is 11.8 Å². The molecule has 0 aromatic heterocycles. The molecule has 21 heavy (non-hydrogen) atoms. The maximum Gasteiger partial charge on any atom is 0.243 e. The molecule has 0 bridgehead atoms. The van der Waals surface area contributed by atoms with Crippen molar-refractivity contribution in [3.05, 3.63) is 30.1 Å². The number of rotatable bonds is 7. The summed E-state index contributed by atoms with van der Waals surface area (Å²) >= 11 is 1.34. The van der Waals surface area contributed by atoms with E-state index in [1.165, 1.54) is 30.8 Å². The van der Waals surface area contributed by atoms with E-state index < -0.39 is 12.1 Å². The van der Waals surface area contributed by atoms with Crippen LogP contribution in [0.25, 0.3) is 0 Å². The van der Waals surface area contributed by atoms with Gasteiger partial charge in [0.05, 0.1) is 6.10 Å². The quantitative estimate of drug-likeness (QED) is 0.654. The molecule has 3 N–H and O–H groups in total. The summed E-state index contributed by atoms with van der Waals surface area (Å²) in [5.41, 5.74) is 0. The fourth-order valence-corrected chi connectivity index (χ4v) is 2.43. The van der Waals surface area contributed by atoms with E-state index in [1.807, 2.05) is 0 Å². The van der Waals surface area contributed by atoms with Gasteiger partial charge in [-0.2, -0.15) is 0 Å². The molecule has 0 radical (unpaired) electrons. The predicted molar refractivity (Wildman–Crippen MR) is 79.4 cm³/mol. The topological polar surface area (TPSA) is 78.4 Å². The maximum absolute atomic E-state index is 12.8. The number of aliphatic hydroxyl groups is 1. The average Bonchev–Trinajstić information content (AvgIpc) is 2.42. The Morgan fingerprint density at radius 2 is 1.95 bits per heavy atom. The summed E-state index contributed by atoms with van der Waals surface area (Å²) in [6.07, 6.45) is -0.656. The zero-order valence-corrected chi connectivity index (χ0v) is 12.7. The SMILES string of the molecule is CC(=O)NC(CSc1ccc(F)cc1)C(=O)NCC(C)O. The van der Waals surface area contributed by atoms with Gasteiger partial charge in [0.25, 0.3) is 0 Å². The van der Waals surface area contributed by atoms with Crippen LogP contribution in [0.4, 0.5) is 4.39 Å². The van der Waals surface area contributed by atoms with Gasteiger partial charge in [-0.25, -0.2) is 4.39 Å². The molecular formula is C14H19FN2O3S. The van der Waals surface area contributed by atoms with Crippen LogP contribution in [0.15, 0.2) is 29.2 Å². The number of halogens is 1. The summed E-state index contributed by atoms with van der Waals surface area (Å²) in [6, 6.07) is 5.18. The monoisotopic (exact) mass is 314 g/mol. The third-order valence-corrected chi connectivity index (χ3v) is 3.60. The van der Waals surface area contributed by atoms with Crippen molar-refractivity contribution in [3.63, 3.8) is 0 Å². The molecule has 0 saturated carbocycles. The molecule has 0 aliphatic rings. The summed E-state index contributed by atoms with van der Waals surface area (Å²) < 4.78 is 12.8. The number of carbonyl (C=O) groups is 2. The van der Waals surface area contributed by atoms with Crippen LogP contribution in [0.3, 0.4) is 0 Å². The van der Waals surface area contributed by atoms with Gasteiger partial charge in [0.1, 0.15) is 11.9 Å². The van der Waals surface area contributed by atoms with Gasteiger partial charge in [-0.3, -0.25) is 9.59 Å². The van der Waals surface area contributed by atoms with Crippen LogP contribution in [-0.2, 0) is 9.59 Å². The highest BCUT2D eigenvalue weighted by atomic mass is 32.2. The molecule has 116 valence electrons. The number of hydrogen-bond donors (Lipinski definition) is 3. The molecule has 1 aromatic carbocycles. The first kappa shape index (κ1) is 17.5. The summed E-state index contributed by atoms with van der Waals surface area (Å²) in [7, 11) is 0. The molecule has 1 rings (SSSR count). The Morgan fingerprint density at radius 1 is 1.33 bits per heavy atom. The molecule has 0 spiro atoms. The number of hydrogen-bond acceptors (Lipinski definition) is 4. The molecule has 0 fully saturated rings. The first-order chi connectivity index (χ1) is 9.88. The second-order valence-electron chi connectivity index (χ2n) is 4.61. The highest BCUT2D eigenvalue weighted by Crippen LogP contribution is 2.19. The zero-order chi connectivity index (χ0) is 15.8. The van der Waals surface area contributed by atoms with E-state index in [4.69, 9.17) is 5.11 Å². The van der Waals surface area contributed by atoms with E-state index in [-0.39, 0.29) is 24.2 Å². The van der Waals surface area contributed by atoms with Crippen molar-refractivity contribution in [2.45, 2.75) is 30.9 Å². The van der Waals surface area contributed by atoms with Gasteiger partial charge in [0.15, 0.2) is 0 Å². The maximum atomic E-state index is 12.8. The minimum atomic E-state index is -0.712. The molecule has 2 amide bonds. The van der Waals surface area contributed by atoms with Crippen LogP contribution >= 0.6 is 11.8 Å². The average molecular weight is 314 g/mol. The molecule has 0 aliphatic heterocycles. The highest BCUT2D eigenvalue weighted by Gasteiger charge is 2.19. The van der Waals surface area contributed by atoms with Gasteiger partial charge in [-0.05, 0) is 31.2 Å². The largest absolute Gasteiger partial charge is 0.392 e. The molecular weight excluding hydrogens is 295 g/mol. The number of carbonyl (C=O) groups excluding carboxylic acids is 2. The first-order valence-electron chi connectivity index (χ1n) is 6.49. The fraction of sp³-hybridized carbons (Fsp3) is 0.429. The number of benzene rings is 1. The van der Waals surface area contributed by atoms with Crippen molar-refractivity contribution in [2.75, 3.05) is 12.3 Å². The third-order valence-electron chi connectivity index (χ3n) is 2.50. The molecule has 2 unspecified atom stereocenters. The van der Waals surface area contributed by atoms with Crippen LogP contribution in [-0.4, -0.2) is 41.4 Å². The summed E-state index contributed by atoms with van der Waals surface area (Å²) in [5, 5.41) is 14.3. The molecule has 0 heterocycles. The lowest BCUT2D eigenvalue weighted by atomic mass is 10.3. The fourth-order valence-electron chi connectivity index (χ4n) is 1.51. The van der Waals surface area contributed by atoms with E-state index in [1.54, 1.807) is 19.1 Å². The van der Waals surface area contributed by atoms with Crippen LogP contribution in [0.2, 0.25) is 0 Å². The van der Waals surface area contributed by atoms with E-state index in [0.717, 1.165) is 4.90 Å². The number of amides is 2. The zero-order valence-electron chi connectivity index (χ0n) is 11.9. The Morgan fingerprint density at radius 3 is 2.48 bits per heavy atom. The summed E-state index contributed by atoms with van der Waals surface area (Å²) in [5.74, 6) is -0.684. The Kier molecular flexibility index (Phi) is 7.18. The van der Waals surface area contributed by atoms with Crippen LogP contribution in [0.5, 0.6) is 0 Å². The van der Waals surface area contributed by atoms with Crippen molar-refractivity contribution >= 4 is 23.6 Å². The minimum Gasteiger partial charge on any atom is -0.392 e. The summed E-state index contributed by atoms with van der Waals surface area (Å²) in [4.78, 5) is 23.9. The third kappa shape index (κ3) is 7.10. The number of nitrogens with one attached hydrogen (secondary N) is 2. The van der Waals surface area contributed by atoms with E-state index >= 15 is 0 Å². The smallest absolute Gasteiger partial charge is 0.243 e. The van der Waals surface area contributed by atoms with Gasteiger partial charge in [-0.1, -0.05) is 0 Å². The minimum absolute atomic E-state index is 0.121. The first-order valence-corrected chi connectivity index (χ1v) is 7.48. The lowest BCUT2D eigenvalue weighted by molar-refractivity contribution is -0.127. The van der Waals surface area contributed by atoms with Crippen LogP contribution in [0, 0.1) is 5.82 Å². The molecule has 5 nitrogen and oxygen atoms in total. The molecule has 0 saturated heterocycles. The van der Waals surface area contributed by atoms with Crippen molar-refractivity contribution in [1.29, 1.82) is 0 Å². The van der Waals surface area contributed by atoms with Crippen LogP contribution < -0.4 is 10.6 Å². The summed E-state index contributed by atoms with van der Waals surface area (Å²) in [6.45, 7) is 3.01. The normalized spacial score (nSPS) is 13.3. The van der Waals surface area contributed by atoms with Gasteiger partial charge < -0.3 is 15.7 Å². The molecule has 1 aromatic rings. The number of thioether (sulfide) groups is 1.